The standard InChI is InChI=1S/C12H17NO/c1-3-8-13-10(2)12-7-5-4-6-11(12)9-14/h4-7,9-10,13H,3,8H2,1-2H3/t10-/m0/s1. The Morgan fingerprint density at radius 3 is 2.79 bits per heavy atom. The Kier molecular flexibility index (Phi) is 4.33. The van der Waals surface area contributed by atoms with Crippen LogP contribution < -0.4 is 5.32 Å². The molecule has 0 saturated heterocycles. The molecule has 0 aliphatic carbocycles. The summed E-state index contributed by atoms with van der Waals surface area (Å²) in [7, 11) is 0. The van der Waals surface area contributed by atoms with E-state index in [-0.39, 0.29) is 6.04 Å². The summed E-state index contributed by atoms with van der Waals surface area (Å²) >= 11 is 0. The van der Waals surface area contributed by atoms with Gasteiger partial charge in [0, 0.05) is 11.6 Å². The smallest absolute Gasteiger partial charge is 0.150 e. The number of nitrogens with one attached hydrogen (secondary N) is 1. The second-order valence-corrected chi connectivity index (χ2v) is 3.42. The molecular formula is C12H17NO. The van der Waals surface area contributed by atoms with Crippen LogP contribution in [0.25, 0.3) is 0 Å². The summed E-state index contributed by atoms with van der Waals surface area (Å²) < 4.78 is 0. The van der Waals surface area contributed by atoms with Gasteiger partial charge in [-0.3, -0.25) is 4.79 Å². The van der Waals surface area contributed by atoms with Crippen molar-refractivity contribution in [3.05, 3.63) is 35.4 Å². The lowest BCUT2D eigenvalue weighted by molar-refractivity contribution is 0.112. The van der Waals surface area contributed by atoms with E-state index in [0.717, 1.165) is 30.4 Å². The maximum atomic E-state index is 10.8. The second kappa shape index (κ2) is 5.55. The summed E-state index contributed by atoms with van der Waals surface area (Å²) in [5.74, 6) is 0. The molecule has 1 rings (SSSR count). The number of benzene rings is 1. The van der Waals surface area contributed by atoms with Gasteiger partial charge in [0.05, 0.1) is 0 Å². The van der Waals surface area contributed by atoms with Gasteiger partial charge in [0.25, 0.3) is 0 Å². The largest absolute Gasteiger partial charge is 0.310 e. The predicted octanol–water partition coefficient (Wildman–Crippen LogP) is 2.56. The minimum Gasteiger partial charge on any atom is -0.310 e. The van der Waals surface area contributed by atoms with Crippen LogP contribution in [0.3, 0.4) is 0 Å². The van der Waals surface area contributed by atoms with Crippen molar-refractivity contribution in [3.8, 4) is 0 Å². The zero-order valence-corrected chi connectivity index (χ0v) is 8.79. The van der Waals surface area contributed by atoms with Gasteiger partial charge in [0.1, 0.15) is 6.29 Å². The lowest BCUT2D eigenvalue weighted by Gasteiger charge is -2.15. The summed E-state index contributed by atoms with van der Waals surface area (Å²) in [4.78, 5) is 10.8. The maximum absolute atomic E-state index is 10.8. The Hall–Kier alpha value is -1.15. The molecule has 0 bridgehead atoms. The van der Waals surface area contributed by atoms with E-state index in [0.29, 0.717) is 0 Å². The van der Waals surface area contributed by atoms with E-state index in [4.69, 9.17) is 0 Å². The fourth-order valence-corrected chi connectivity index (χ4v) is 1.48. The molecule has 0 aromatic heterocycles. The van der Waals surface area contributed by atoms with E-state index < -0.39 is 0 Å². The summed E-state index contributed by atoms with van der Waals surface area (Å²) in [6.07, 6.45) is 2.02. The molecule has 0 saturated carbocycles. The minimum absolute atomic E-state index is 0.247. The zero-order chi connectivity index (χ0) is 10.4. The van der Waals surface area contributed by atoms with E-state index in [1.807, 2.05) is 24.3 Å². The van der Waals surface area contributed by atoms with Crippen molar-refractivity contribution < 1.29 is 4.79 Å². The molecule has 0 fully saturated rings. The number of carbonyl (C=O) groups excluding carboxylic acids is 1. The molecule has 2 heteroatoms. The third-order valence-corrected chi connectivity index (χ3v) is 2.29. The van der Waals surface area contributed by atoms with E-state index in [1.165, 1.54) is 0 Å². The molecule has 2 nitrogen and oxygen atoms in total. The highest BCUT2D eigenvalue weighted by Gasteiger charge is 2.07. The molecule has 0 amide bonds. The third-order valence-electron chi connectivity index (χ3n) is 2.29. The van der Waals surface area contributed by atoms with E-state index >= 15 is 0 Å². The van der Waals surface area contributed by atoms with Gasteiger partial charge in [-0.05, 0) is 25.5 Å². The van der Waals surface area contributed by atoms with E-state index in [2.05, 4.69) is 19.2 Å². The molecule has 0 aliphatic rings. The van der Waals surface area contributed by atoms with Gasteiger partial charge in [0.15, 0.2) is 0 Å². The molecule has 0 radical (unpaired) electrons. The first kappa shape index (κ1) is 10.9. The molecular weight excluding hydrogens is 174 g/mol. The lowest BCUT2D eigenvalue weighted by atomic mass is 10.0. The van der Waals surface area contributed by atoms with E-state index in [9.17, 15) is 4.79 Å². The van der Waals surface area contributed by atoms with Crippen LogP contribution in [-0.2, 0) is 0 Å². The van der Waals surface area contributed by atoms with Crippen molar-refractivity contribution >= 4 is 6.29 Å². The summed E-state index contributed by atoms with van der Waals surface area (Å²) in [6.45, 7) is 5.19. The van der Waals surface area contributed by atoms with Crippen LogP contribution in [0.5, 0.6) is 0 Å². The molecule has 1 N–H and O–H groups in total. The van der Waals surface area contributed by atoms with Gasteiger partial charge >= 0.3 is 0 Å². The summed E-state index contributed by atoms with van der Waals surface area (Å²) in [5, 5.41) is 3.36. The van der Waals surface area contributed by atoms with Crippen molar-refractivity contribution in [2.45, 2.75) is 26.3 Å². The van der Waals surface area contributed by atoms with Crippen LogP contribution in [-0.4, -0.2) is 12.8 Å². The molecule has 0 aliphatic heterocycles. The highest BCUT2D eigenvalue weighted by atomic mass is 16.1. The third kappa shape index (κ3) is 2.67. The lowest BCUT2D eigenvalue weighted by Crippen LogP contribution is -2.20. The van der Waals surface area contributed by atoms with Crippen LogP contribution in [0.15, 0.2) is 24.3 Å². The Bertz CT molecular complexity index is 296. The zero-order valence-electron chi connectivity index (χ0n) is 8.79. The molecule has 0 spiro atoms. The second-order valence-electron chi connectivity index (χ2n) is 3.42. The highest BCUT2D eigenvalue weighted by molar-refractivity contribution is 5.77. The van der Waals surface area contributed by atoms with E-state index in [1.54, 1.807) is 0 Å². The quantitative estimate of drug-likeness (QED) is 0.725. The number of hydrogen-bond acceptors (Lipinski definition) is 2. The molecule has 1 atom stereocenters. The molecule has 1 aromatic carbocycles. The van der Waals surface area contributed by atoms with Crippen LogP contribution in [0.1, 0.15) is 42.2 Å². The van der Waals surface area contributed by atoms with Gasteiger partial charge in [0.2, 0.25) is 0 Å². The van der Waals surface area contributed by atoms with Gasteiger partial charge in [-0.25, -0.2) is 0 Å². The molecule has 0 unspecified atom stereocenters. The highest BCUT2D eigenvalue weighted by Crippen LogP contribution is 2.15. The average Bonchev–Trinajstić information content (AvgIpc) is 2.25. The van der Waals surface area contributed by atoms with Crippen molar-refractivity contribution in [2.24, 2.45) is 0 Å². The van der Waals surface area contributed by atoms with Gasteiger partial charge < -0.3 is 5.32 Å². The number of rotatable bonds is 5. The van der Waals surface area contributed by atoms with Crippen LogP contribution in [0, 0.1) is 0 Å². The Balaban J connectivity index is 2.77. The summed E-state index contributed by atoms with van der Waals surface area (Å²) in [5.41, 5.74) is 1.86. The predicted molar refractivity (Wildman–Crippen MR) is 58.5 cm³/mol. The molecule has 0 heterocycles. The fraction of sp³-hybridized carbons (Fsp3) is 0.417. The first-order chi connectivity index (χ1) is 6.79. The van der Waals surface area contributed by atoms with Gasteiger partial charge in [-0.1, -0.05) is 31.2 Å². The van der Waals surface area contributed by atoms with Gasteiger partial charge in [-0.2, -0.15) is 0 Å². The van der Waals surface area contributed by atoms with Crippen molar-refractivity contribution in [3.63, 3.8) is 0 Å². The topological polar surface area (TPSA) is 29.1 Å². The first-order valence-electron chi connectivity index (χ1n) is 5.07. The Morgan fingerprint density at radius 1 is 1.43 bits per heavy atom. The molecule has 76 valence electrons. The molecule has 14 heavy (non-hydrogen) atoms. The van der Waals surface area contributed by atoms with Crippen LogP contribution in [0.2, 0.25) is 0 Å². The van der Waals surface area contributed by atoms with Crippen molar-refractivity contribution in [1.29, 1.82) is 0 Å². The van der Waals surface area contributed by atoms with Crippen molar-refractivity contribution in [2.75, 3.05) is 6.54 Å². The Morgan fingerprint density at radius 2 is 2.14 bits per heavy atom. The first-order valence-corrected chi connectivity index (χ1v) is 5.07. The van der Waals surface area contributed by atoms with Crippen molar-refractivity contribution in [1.82, 2.24) is 5.32 Å². The van der Waals surface area contributed by atoms with Crippen LogP contribution in [0.4, 0.5) is 0 Å². The normalized spacial score (nSPS) is 12.4. The minimum atomic E-state index is 0.247. The monoisotopic (exact) mass is 191 g/mol. The Labute approximate surface area is 85.3 Å². The number of aldehydes is 1. The number of carbonyl (C=O) groups is 1. The van der Waals surface area contributed by atoms with Gasteiger partial charge in [-0.15, -0.1) is 0 Å². The maximum Gasteiger partial charge on any atom is 0.150 e. The SMILES string of the molecule is CCCN[C@@H](C)c1ccccc1C=O. The molecule has 1 aromatic rings. The summed E-state index contributed by atoms with van der Waals surface area (Å²) in [6, 6.07) is 7.95. The average molecular weight is 191 g/mol. The van der Waals surface area contributed by atoms with Crippen LogP contribution >= 0.6 is 0 Å². The fourth-order valence-electron chi connectivity index (χ4n) is 1.48. The number of hydrogen-bond donors (Lipinski definition) is 1.